The van der Waals surface area contributed by atoms with Gasteiger partial charge >= 0.3 is 6.18 Å². The van der Waals surface area contributed by atoms with E-state index >= 15 is 0 Å². The smallest absolute Gasteiger partial charge is 0.260 e. The summed E-state index contributed by atoms with van der Waals surface area (Å²) in [6.45, 7) is 0.00238. The number of rotatable bonds is 2. The van der Waals surface area contributed by atoms with Crippen LogP contribution in [0.3, 0.4) is 0 Å². The Labute approximate surface area is 125 Å². The number of aromatic nitrogens is 1. The lowest BCUT2D eigenvalue weighted by molar-refractivity contribution is -0.139. The zero-order chi connectivity index (χ0) is 16.0. The lowest BCUT2D eigenvalue weighted by atomic mass is 10.2. The lowest BCUT2D eigenvalue weighted by Gasteiger charge is -2.19. The van der Waals surface area contributed by atoms with Gasteiger partial charge in [-0.15, -0.1) is 0 Å². The molecule has 1 aliphatic heterocycles. The summed E-state index contributed by atoms with van der Waals surface area (Å²) in [7, 11) is -4.25. The molecule has 4 nitrogen and oxygen atoms in total. The predicted molar refractivity (Wildman–Crippen MR) is 72.1 cm³/mol. The Balaban J connectivity index is 2.03. The molecule has 0 aliphatic carbocycles. The van der Waals surface area contributed by atoms with Gasteiger partial charge in [-0.1, -0.05) is 18.2 Å². The number of halogens is 3. The van der Waals surface area contributed by atoms with E-state index in [0.29, 0.717) is 11.3 Å². The number of hydrogen-bond donors (Lipinski definition) is 0. The molecular formula is C14H11F3N2O2S. The van der Waals surface area contributed by atoms with Gasteiger partial charge in [0.2, 0.25) is 10.0 Å². The van der Waals surface area contributed by atoms with Crippen molar-refractivity contribution in [3.8, 4) is 0 Å². The molecule has 8 heteroatoms. The van der Waals surface area contributed by atoms with Crippen molar-refractivity contribution in [1.82, 2.24) is 9.29 Å². The highest BCUT2D eigenvalue weighted by atomic mass is 32.2. The van der Waals surface area contributed by atoms with Crippen LogP contribution in [0.5, 0.6) is 0 Å². The van der Waals surface area contributed by atoms with Gasteiger partial charge in [-0.2, -0.15) is 17.5 Å². The molecular weight excluding hydrogens is 317 g/mol. The number of fused-ring (bicyclic) bond motifs is 1. The maximum absolute atomic E-state index is 13.0. The second-order valence-corrected chi connectivity index (χ2v) is 6.78. The Morgan fingerprint density at radius 1 is 1.05 bits per heavy atom. The Hall–Kier alpha value is -1.93. The zero-order valence-electron chi connectivity index (χ0n) is 11.2. The number of nitrogens with zero attached hydrogens (tertiary/aromatic N) is 2. The normalized spacial score (nSPS) is 15.8. The summed E-state index contributed by atoms with van der Waals surface area (Å²) in [4.78, 5) is 3.33. The van der Waals surface area contributed by atoms with Crippen molar-refractivity contribution in [3.63, 3.8) is 0 Å². The van der Waals surface area contributed by atoms with Crippen LogP contribution in [-0.4, -0.2) is 17.7 Å². The van der Waals surface area contributed by atoms with Crippen molar-refractivity contribution >= 4 is 10.0 Å². The number of hydrogen-bond acceptors (Lipinski definition) is 3. The van der Waals surface area contributed by atoms with Crippen molar-refractivity contribution in [2.45, 2.75) is 24.2 Å². The van der Waals surface area contributed by atoms with Gasteiger partial charge in [0.1, 0.15) is 0 Å². The molecule has 1 aromatic heterocycles. The van der Waals surface area contributed by atoms with Crippen LogP contribution in [-0.2, 0) is 29.3 Å². The molecule has 22 heavy (non-hydrogen) atoms. The van der Waals surface area contributed by atoms with E-state index in [4.69, 9.17) is 0 Å². The van der Waals surface area contributed by atoms with E-state index in [-0.39, 0.29) is 13.1 Å². The van der Waals surface area contributed by atoms with E-state index in [0.717, 1.165) is 16.4 Å². The first-order valence-electron chi connectivity index (χ1n) is 6.39. The van der Waals surface area contributed by atoms with Crippen molar-refractivity contribution in [1.29, 1.82) is 0 Å². The fraction of sp³-hybridized carbons (Fsp3) is 0.214. The minimum absolute atomic E-state index is 0.0231. The highest BCUT2D eigenvalue weighted by Crippen LogP contribution is 2.36. The highest BCUT2D eigenvalue weighted by molar-refractivity contribution is 7.89. The van der Waals surface area contributed by atoms with Gasteiger partial charge in [0.25, 0.3) is 0 Å². The monoisotopic (exact) mass is 328 g/mol. The quantitative estimate of drug-likeness (QED) is 0.852. The van der Waals surface area contributed by atoms with E-state index in [9.17, 15) is 21.6 Å². The average molecular weight is 328 g/mol. The van der Waals surface area contributed by atoms with E-state index in [1.54, 1.807) is 12.1 Å². The largest absolute Gasteiger partial charge is 0.417 e. The molecule has 0 fully saturated rings. The van der Waals surface area contributed by atoms with Gasteiger partial charge < -0.3 is 0 Å². The predicted octanol–water partition coefficient (Wildman–Crippen LogP) is 2.80. The van der Waals surface area contributed by atoms with E-state index in [2.05, 4.69) is 4.98 Å². The molecule has 0 radical (unpaired) electrons. The summed E-state index contributed by atoms with van der Waals surface area (Å²) < 4.78 is 65.2. The van der Waals surface area contributed by atoms with Gasteiger partial charge in [0, 0.05) is 12.7 Å². The van der Waals surface area contributed by atoms with Crippen LogP contribution in [0.25, 0.3) is 0 Å². The van der Waals surface area contributed by atoms with Crippen molar-refractivity contribution in [3.05, 3.63) is 59.4 Å². The minimum Gasteiger partial charge on any atom is -0.260 e. The van der Waals surface area contributed by atoms with Gasteiger partial charge in [-0.3, -0.25) is 4.98 Å². The zero-order valence-corrected chi connectivity index (χ0v) is 12.0. The van der Waals surface area contributed by atoms with E-state index in [1.165, 1.54) is 18.3 Å². The fourth-order valence-corrected chi connectivity index (χ4v) is 4.00. The number of alkyl halides is 3. The van der Waals surface area contributed by atoms with Crippen LogP contribution in [0.1, 0.15) is 16.8 Å². The molecule has 116 valence electrons. The summed E-state index contributed by atoms with van der Waals surface area (Å²) in [6.07, 6.45) is -3.20. The number of sulfonamides is 1. The third-order valence-electron chi connectivity index (χ3n) is 3.47. The first-order chi connectivity index (χ1) is 10.3. The van der Waals surface area contributed by atoms with Crippen molar-refractivity contribution in [2.24, 2.45) is 0 Å². The lowest BCUT2D eigenvalue weighted by Crippen LogP contribution is -2.28. The Kier molecular flexibility index (Phi) is 3.45. The van der Waals surface area contributed by atoms with E-state index < -0.39 is 26.7 Å². The Morgan fingerprint density at radius 2 is 1.77 bits per heavy atom. The Morgan fingerprint density at radius 3 is 2.45 bits per heavy atom. The van der Waals surface area contributed by atoms with Gasteiger partial charge in [0.05, 0.1) is 22.7 Å². The topological polar surface area (TPSA) is 50.3 Å². The van der Waals surface area contributed by atoms with Gasteiger partial charge in [0.15, 0.2) is 0 Å². The first kappa shape index (κ1) is 15.0. The molecule has 0 saturated carbocycles. The summed E-state index contributed by atoms with van der Waals surface area (Å²) in [5.74, 6) is 0. The van der Waals surface area contributed by atoms with E-state index in [1.807, 2.05) is 0 Å². The SMILES string of the molecule is O=S(=O)(c1ccccc1C(F)(F)F)N1Cc2cccnc2C1. The summed E-state index contributed by atoms with van der Waals surface area (Å²) in [5, 5.41) is 0. The molecule has 2 heterocycles. The molecule has 2 aromatic rings. The molecule has 0 atom stereocenters. The molecule has 0 bridgehead atoms. The van der Waals surface area contributed by atoms with Crippen LogP contribution < -0.4 is 0 Å². The Bertz CT molecular complexity index is 794. The van der Waals surface area contributed by atoms with Crippen LogP contribution in [0.15, 0.2) is 47.5 Å². The van der Waals surface area contributed by atoms with Crippen molar-refractivity contribution in [2.75, 3.05) is 0 Å². The second kappa shape index (κ2) is 5.06. The maximum atomic E-state index is 13.0. The molecule has 1 aromatic carbocycles. The molecule has 1 aliphatic rings. The number of benzene rings is 1. The summed E-state index contributed by atoms with van der Waals surface area (Å²) in [6, 6.07) is 7.58. The standard InChI is InChI=1S/C14H11F3N2O2S/c15-14(16,17)11-5-1-2-6-13(11)22(20,21)19-8-10-4-3-7-18-12(10)9-19/h1-7H,8-9H2. The van der Waals surface area contributed by atoms with Crippen molar-refractivity contribution < 1.29 is 21.6 Å². The molecule has 0 saturated heterocycles. The van der Waals surface area contributed by atoms with Gasteiger partial charge in [-0.25, -0.2) is 8.42 Å². The summed E-state index contributed by atoms with van der Waals surface area (Å²) in [5.41, 5.74) is 0.116. The number of pyridine rings is 1. The van der Waals surface area contributed by atoms with Gasteiger partial charge in [-0.05, 0) is 23.8 Å². The fourth-order valence-electron chi connectivity index (χ4n) is 2.41. The first-order valence-corrected chi connectivity index (χ1v) is 7.83. The third-order valence-corrected chi connectivity index (χ3v) is 5.32. The van der Waals surface area contributed by atoms with Crippen LogP contribution in [0.2, 0.25) is 0 Å². The third kappa shape index (κ3) is 2.48. The molecule has 0 spiro atoms. The molecule has 0 unspecified atom stereocenters. The second-order valence-electron chi connectivity index (χ2n) is 4.88. The van der Waals surface area contributed by atoms with Crippen LogP contribution in [0, 0.1) is 0 Å². The molecule has 3 rings (SSSR count). The summed E-state index contributed by atoms with van der Waals surface area (Å²) >= 11 is 0. The average Bonchev–Trinajstić information content (AvgIpc) is 2.91. The van der Waals surface area contributed by atoms with Crippen LogP contribution >= 0.6 is 0 Å². The highest BCUT2D eigenvalue weighted by Gasteiger charge is 2.40. The molecule has 0 N–H and O–H groups in total. The minimum atomic E-state index is -4.73. The molecule has 0 amide bonds. The maximum Gasteiger partial charge on any atom is 0.417 e. The van der Waals surface area contributed by atoms with Crippen LogP contribution in [0.4, 0.5) is 13.2 Å².